The molecular formula is C15H16O4. The summed E-state index contributed by atoms with van der Waals surface area (Å²) in [6.45, 7) is 3.51. The molecule has 0 saturated carbocycles. The lowest BCUT2D eigenvalue weighted by Crippen LogP contribution is -2.06. The van der Waals surface area contributed by atoms with Gasteiger partial charge in [0.1, 0.15) is 6.26 Å². The molecule has 0 N–H and O–H groups in total. The lowest BCUT2D eigenvalue weighted by Gasteiger charge is -2.00. The molecule has 1 aromatic rings. The molecule has 100 valence electrons. The summed E-state index contributed by atoms with van der Waals surface area (Å²) in [7, 11) is 0. The van der Waals surface area contributed by atoms with Gasteiger partial charge in [0.25, 0.3) is 0 Å². The van der Waals surface area contributed by atoms with Gasteiger partial charge in [0, 0.05) is 6.08 Å². The monoisotopic (exact) mass is 260 g/mol. The molecule has 0 atom stereocenters. The smallest absolute Gasteiger partial charge is 0.336 e. The lowest BCUT2D eigenvalue weighted by atomic mass is 10.2. The van der Waals surface area contributed by atoms with Crippen molar-refractivity contribution in [1.29, 1.82) is 0 Å². The second-order valence-corrected chi connectivity index (χ2v) is 3.70. The van der Waals surface area contributed by atoms with Crippen LogP contribution in [0.3, 0.4) is 0 Å². The number of carbonyl (C=O) groups excluding carboxylic acids is 2. The van der Waals surface area contributed by atoms with Crippen LogP contribution >= 0.6 is 0 Å². The van der Waals surface area contributed by atoms with Gasteiger partial charge in [-0.15, -0.1) is 0 Å². The highest BCUT2D eigenvalue weighted by Gasteiger charge is 2.05. The fraction of sp³-hybridized carbons (Fsp3) is 0.200. The van der Waals surface area contributed by atoms with E-state index in [-0.39, 0.29) is 12.2 Å². The van der Waals surface area contributed by atoms with Crippen LogP contribution in [-0.4, -0.2) is 18.5 Å². The van der Waals surface area contributed by atoms with Gasteiger partial charge in [0.15, 0.2) is 0 Å². The van der Waals surface area contributed by atoms with Crippen molar-refractivity contribution >= 4 is 18.0 Å². The highest BCUT2D eigenvalue weighted by atomic mass is 16.5. The van der Waals surface area contributed by atoms with Crippen LogP contribution in [0.1, 0.15) is 19.4 Å². The van der Waals surface area contributed by atoms with Gasteiger partial charge in [-0.05, 0) is 25.5 Å². The molecule has 0 saturated heterocycles. The van der Waals surface area contributed by atoms with Crippen LogP contribution in [0, 0.1) is 0 Å². The van der Waals surface area contributed by atoms with E-state index in [0.717, 1.165) is 11.8 Å². The Kier molecular flexibility index (Phi) is 6.09. The summed E-state index contributed by atoms with van der Waals surface area (Å²) in [5.41, 5.74) is 1.13. The normalized spacial score (nSPS) is 11.4. The molecule has 19 heavy (non-hydrogen) atoms. The first-order valence-corrected chi connectivity index (χ1v) is 5.91. The van der Waals surface area contributed by atoms with Crippen molar-refractivity contribution in [2.24, 2.45) is 0 Å². The van der Waals surface area contributed by atoms with Gasteiger partial charge < -0.3 is 9.47 Å². The van der Waals surface area contributed by atoms with Crippen LogP contribution in [0.15, 0.2) is 48.2 Å². The third-order valence-electron chi connectivity index (χ3n) is 2.16. The van der Waals surface area contributed by atoms with Gasteiger partial charge in [-0.2, -0.15) is 0 Å². The third-order valence-corrected chi connectivity index (χ3v) is 2.16. The fourth-order valence-electron chi connectivity index (χ4n) is 1.21. The van der Waals surface area contributed by atoms with Crippen molar-refractivity contribution in [1.82, 2.24) is 0 Å². The minimum absolute atomic E-state index is 0.239. The molecule has 0 aliphatic rings. The zero-order chi connectivity index (χ0) is 14.1. The molecule has 0 amide bonds. The van der Waals surface area contributed by atoms with Crippen LogP contribution in [0.5, 0.6) is 0 Å². The Morgan fingerprint density at radius 1 is 1.21 bits per heavy atom. The van der Waals surface area contributed by atoms with Crippen LogP contribution in [0.25, 0.3) is 6.08 Å². The Labute approximate surface area is 112 Å². The Hall–Kier alpha value is -2.36. The van der Waals surface area contributed by atoms with Crippen molar-refractivity contribution in [3.63, 3.8) is 0 Å². The molecule has 0 bridgehead atoms. The summed E-state index contributed by atoms with van der Waals surface area (Å²) < 4.78 is 9.55. The van der Waals surface area contributed by atoms with E-state index in [1.54, 1.807) is 13.0 Å². The van der Waals surface area contributed by atoms with Crippen molar-refractivity contribution in [3.8, 4) is 0 Å². The van der Waals surface area contributed by atoms with Crippen LogP contribution in [0.4, 0.5) is 0 Å². The summed E-state index contributed by atoms with van der Waals surface area (Å²) >= 11 is 0. The number of esters is 2. The van der Waals surface area contributed by atoms with Crippen LogP contribution < -0.4 is 0 Å². The number of rotatable bonds is 5. The number of ether oxygens (including phenoxy) is 2. The highest BCUT2D eigenvalue weighted by molar-refractivity contribution is 5.90. The van der Waals surface area contributed by atoms with Gasteiger partial charge in [-0.3, -0.25) is 0 Å². The second-order valence-electron chi connectivity index (χ2n) is 3.70. The van der Waals surface area contributed by atoms with E-state index < -0.39 is 11.9 Å². The quantitative estimate of drug-likeness (QED) is 0.464. The fourth-order valence-corrected chi connectivity index (χ4v) is 1.21. The third kappa shape index (κ3) is 5.68. The second kappa shape index (κ2) is 7.87. The lowest BCUT2D eigenvalue weighted by molar-refractivity contribution is -0.138. The van der Waals surface area contributed by atoms with Crippen molar-refractivity contribution in [3.05, 3.63) is 53.8 Å². The van der Waals surface area contributed by atoms with E-state index in [9.17, 15) is 9.59 Å². The van der Waals surface area contributed by atoms with Gasteiger partial charge in [0.05, 0.1) is 12.2 Å². The molecular weight excluding hydrogens is 244 g/mol. The SMILES string of the molecule is CCOC(=O)/C(C)=C/OC(=O)/C=C/c1ccccc1. The number of benzene rings is 1. The molecule has 0 heterocycles. The van der Waals surface area contributed by atoms with Crippen molar-refractivity contribution in [2.75, 3.05) is 6.61 Å². The molecule has 0 spiro atoms. The average molecular weight is 260 g/mol. The largest absolute Gasteiger partial charge is 0.463 e. The Morgan fingerprint density at radius 3 is 2.53 bits per heavy atom. The summed E-state index contributed by atoms with van der Waals surface area (Å²) in [6.07, 6.45) is 4.02. The maximum absolute atomic E-state index is 11.4. The molecule has 0 aromatic heterocycles. The first-order chi connectivity index (χ1) is 9.13. The van der Waals surface area contributed by atoms with Gasteiger partial charge >= 0.3 is 11.9 Å². The molecule has 0 fully saturated rings. The Morgan fingerprint density at radius 2 is 1.89 bits per heavy atom. The van der Waals surface area contributed by atoms with E-state index in [2.05, 4.69) is 0 Å². The molecule has 1 rings (SSSR count). The molecule has 0 aliphatic carbocycles. The summed E-state index contributed by atoms with van der Waals surface area (Å²) in [6, 6.07) is 9.36. The molecule has 1 aromatic carbocycles. The zero-order valence-electron chi connectivity index (χ0n) is 11.0. The van der Waals surface area contributed by atoms with E-state index in [1.165, 1.54) is 13.0 Å². The van der Waals surface area contributed by atoms with Crippen molar-refractivity contribution in [2.45, 2.75) is 13.8 Å². The topological polar surface area (TPSA) is 52.6 Å². The minimum atomic E-state index is -0.549. The number of carbonyl (C=O) groups is 2. The zero-order valence-corrected chi connectivity index (χ0v) is 11.0. The van der Waals surface area contributed by atoms with Crippen LogP contribution in [0.2, 0.25) is 0 Å². The summed E-state index contributed by atoms with van der Waals surface area (Å²) in [4.78, 5) is 22.6. The summed E-state index contributed by atoms with van der Waals surface area (Å²) in [5.74, 6) is -1.05. The average Bonchev–Trinajstić information content (AvgIpc) is 2.43. The first-order valence-electron chi connectivity index (χ1n) is 5.91. The predicted molar refractivity (Wildman–Crippen MR) is 72.0 cm³/mol. The maximum atomic E-state index is 11.4. The number of hydrogen-bond acceptors (Lipinski definition) is 4. The molecule has 4 heteroatoms. The summed E-state index contributed by atoms with van der Waals surface area (Å²) in [5, 5.41) is 0. The molecule has 0 radical (unpaired) electrons. The maximum Gasteiger partial charge on any atom is 0.336 e. The standard InChI is InChI=1S/C15H16O4/c1-3-18-15(17)12(2)11-19-14(16)10-9-13-7-5-4-6-8-13/h4-11H,3H2,1-2H3/b10-9+,12-11+. The van der Waals surface area contributed by atoms with Gasteiger partial charge in [-0.25, -0.2) is 9.59 Å². The van der Waals surface area contributed by atoms with E-state index >= 15 is 0 Å². The number of hydrogen-bond donors (Lipinski definition) is 0. The molecule has 0 unspecified atom stereocenters. The molecule has 4 nitrogen and oxygen atoms in total. The molecule has 0 aliphatic heterocycles. The first kappa shape index (κ1) is 14.7. The van der Waals surface area contributed by atoms with Crippen LogP contribution in [-0.2, 0) is 19.1 Å². The van der Waals surface area contributed by atoms with E-state index in [4.69, 9.17) is 9.47 Å². The minimum Gasteiger partial charge on any atom is -0.463 e. The Balaban J connectivity index is 2.50. The van der Waals surface area contributed by atoms with Crippen molar-refractivity contribution < 1.29 is 19.1 Å². The highest BCUT2D eigenvalue weighted by Crippen LogP contribution is 2.02. The predicted octanol–water partition coefficient (Wildman–Crippen LogP) is 2.71. The van der Waals surface area contributed by atoms with Gasteiger partial charge in [0.2, 0.25) is 0 Å². The van der Waals surface area contributed by atoms with E-state index in [1.807, 2.05) is 30.3 Å². The van der Waals surface area contributed by atoms with E-state index in [0.29, 0.717) is 0 Å². The van der Waals surface area contributed by atoms with Gasteiger partial charge in [-0.1, -0.05) is 30.3 Å². The Bertz CT molecular complexity index is 486.